The Morgan fingerprint density at radius 1 is 1.00 bits per heavy atom. The van der Waals surface area contributed by atoms with Gasteiger partial charge in [-0.3, -0.25) is 19.4 Å². The summed E-state index contributed by atoms with van der Waals surface area (Å²) in [6.45, 7) is 8.51. The van der Waals surface area contributed by atoms with Crippen molar-refractivity contribution >= 4 is 22.8 Å². The highest BCUT2D eigenvalue weighted by Gasteiger charge is 2.37. The minimum atomic E-state index is -0.850. The summed E-state index contributed by atoms with van der Waals surface area (Å²) in [5, 5.41) is 28.6. The number of hydrogen-bond donors (Lipinski definition) is 5. The minimum absolute atomic E-state index is 0.0866. The van der Waals surface area contributed by atoms with Crippen LogP contribution >= 0.6 is 0 Å². The molecule has 0 unspecified atom stereocenters. The van der Waals surface area contributed by atoms with Gasteiger partial charge in [0.15, 0.2) is 0 Å². The van der Waals surface area contributed by atoms with Gasteiger partial charge in [-0.1, -0.05) is 66.7 Å². The Kier molecular flexibility index (Phi) is 10.3. The summed E-state index contributed by atoms with van der Waals surface area (Å²) < 4.78 is 0. The van der Waals surface area contributed by atoms with Crippen LogP contribution in [-0.2, 0) is 29.0 Å². The molecule has 10 nitrogen and oxygen atoms in total. The summed E-state index contributed by atoms with van der Waals surface area (Å²) in [5.74, 6) is 0.0378. The van der Waals surface area contributed by atoms with Crippen molar-refractivity contribution in [1.82, 2.24) is 30.4 Å². The van der Waals surface area contributed by atoms with Gasteiger partial charge in [0.2, 0.25) is 11.8 Å². The van der Waals surface area contributed by atoms with Crippen molar-refractivity contribution < 1.29 is 19.8 Å². The Balaban J connectivity index is 1.15. The molecule has 1 aliphatic carbocycles. The first-order valence-electron chi connectivity index (χ1n) is 17.0. The van der Waals surface area contributed by atoms with Crippen molar-refractivity contribution in [2.75, 3.05) is 26.2 Å². The lowest BCUT2D eigenvalue weighted by Gasteiger charge is -2.42. The summed E-state index contributed by atoms with van der Waals surface area (Å²) in [4.78, 5) is 39.9. The number of aliphatic hydroxyl groups excluding tert-OH is 2. The van der Waals surface area contributed by atoms with Gasteiger partial charge in [0, 0.05) is 44.1 Å². The third kappa shape index (κ3) is 8.30. The Bertz CT molecular complexity index is 1670. The van der Waals surface area contributed by atoms with E-state index < -0.39 is 35.7 Å². The number of nitrogens with one attached hydrogen (secondary N) is 3. The van der Waals surface area contributed by atoms with Gasteiger partial charge >= 0.3 is 0 Å². The van der Waals surface area contributed by atoms with Crippen LogP contribution in [-0.4, -0.2) is 91.8 Å². The van der Waals surface area contributed by atoms with Gasteiger partial charge in [0.1, 0.15) is 11.9 Å². The zero-order valence-electron chi connectivity index (χ0n) is 28.1. The number of amides is 2. The molecule has 2 heterocycles. The highest BCUT2D eigenvalue weighted by atomic mass is 16.3. The van der Waals surface area contributed by atoms with Crippen molar-refractivity contribution in [3.8, 4) is 0 Å². The van der Waals surface area contributed by atoms with Gasteiger partial charge < -0.3 is 25.8 Å². The van der Waals surface area contributed by atoms with E-state index in [1.807, 2.05) is 99.6 Å². The monoisotopic (exact) mass is 652 g/mol. The standard InChI is InChI=1S/C38H48N6O4/c1-38(2,3)42-37(48)32-23-43(24-34-39-30-15-9-10-16-31(30)40-34)17-18-44(32)22-28(45)20-27(19-25-11-5-4-6-12-25)36(47)41-35-29-14-8-7-13-26(29)21-33(35)46/h4-16,27-28,32-33,35,45-46H,17-24H2,1-3H3,(H,39,40)(H,41,47)(H,42,48)/t27-,28-,32-,33+,35-/m0/s1. The van der Waals surface area contributed by atoms with Gasteiger partial charge in [0.25, 0.3) is 0 Å². The maximum Gasteiger partial charge on any atom is 0.239 e. The molecule has 48 heavy (non-hydrogen) atoms. The molecule has 4 aromatic rings. The fourth-order valence-corrected chi connectivity index (χ4v) is 7.11. The van der Waals surface area contributed by atoms with E-state index in [0.717, 1.165) is 33.5 Å². The van der Waals surface area contributed by atoms with E-state index in [1.54, 1.807) is 0 Å². The second-order valence-corrected chi connectivity index (χ2v) is 14.4. The predicted molar refractivity (Wildman–Crippen MR) is 186 cm³/mol. The summed E-state index contributed by atoms with van der Waals surface area (Å²) in [6.07, 6.45) is -0.387. The van der Waals surface area contributed by atoms with Crippen molar-refractivity contribution in [1.29, 1.82) is 0 Å². The highest BCUT2D eigenvalue weighted by molar-refractivity contribution is 5.83. The summed E-state index contributed by atoms with van der Waals surface area (Å²) in [6, 6.07) is 24.6. The fraction of sp³-hybridized carbons (Fsp3) is 0.447. The minimum Gasteiger partial charge on any atom is -0.392 e. The third-order valence-corrected chi connectivity index (χ3v) is 9.39. The largest absolute Gasteiger partial charge is 0.392 e. The van der Waals surface area contributed by atoms with Crippen LogP contribution in [0.5, 0.6) is 0 Å². The summed E-state index contributed by atoms with van der Waals surface area (Å²) in [5.41, 5.74) is 4.46. The SMILES string of the molecule is CC(C)(C)NC(=O)[C@@H]1CN(Cc2nc3ccccc3[nH]2)CCN1C[C@@H](O)C[C@H](Cc1ccccc1)C(=O)N[C@H]1c2ccccc2C[C@H]1O. The molecule has 0 bridgehead atoms. The lowest BCUT2D eigenvalue weighted by molar-refractivity contribution is -0.132. The Morgan fingerprint density at radius 2 is 1.73 bits per heavy atom. The third-order valence-electron chi connectivity index (χ3n) is 9.39. The average molecular weight is 653 g/mol. The fourth-order valence-electron chi connectivity index (χ4n) is 7.11. The molecule has 1 fully saturated rings. The number of imidazole rings is 1. The number of hydrogen-bond acceptors (Lipinski definition) is 7. The van der Waals surface area contributed by atoms with E-state index in [4.69, 9.17) is 4.98 Å². The van der Waals surface area contributed by atoms with Crippen molar-refractivity contribution in [3.63, 3.8) is 0 Å². The molecule has 6 rings (SSSR count). The van der Waals surface area contributed by atoms with Crippen LogP contribution in [0.2, 0.25) is 0 Å². The lowest BCUT2D eigenvalue weighted by Crippen LogP contribution is -2.62. The molecule has 0 saturated carbocycles. The Hall–Kier alpha value is -4.09. The van der Waals surface area contributed by atoms with Crippen molar-refractivity contribution in [3.05, 3.63) is 101 Å². The van der Waals surface area contributed by atoms with Crippen LogP contribution < -0.4 is 10.6 Å². The molecule has 0 radical (unpaired) electrons. The van der Waals surface area contributed by atoms with E-state index in [-0.39, 0.29) is 24.8 Å². The summed E-state index contributed by atoms with van der Waals surface area (Å²) in [7, 11) is 0. The van der Waals surface area contributed by atoms with Gasteiger partial charge in [0.05, 0.1) is 35.8 Å². The molecule has 1 aromatic heterocycles. The molecule has 3 aromatic carbocycles. The molecular formula is C38H48N6O4. The zero-order chi connectivity index (χ0) is 33.8. The molecule has 5 atom stereocenters. The van der Waals surface area contributed by atoms with Crippen LogP contribution in [0.3, 0.4) is 0 Å². The second-order valence-electron chi connectivity index (χ2n) is 14.4. The maximum atomic E-state index is 13.9. The predicted octanol–water partition coefficient (Wildman–Crippen LogP) is 3.35. The Labute approximate surface area is 282 Å². The first kappa shape index (κ1) is 33.8. The van der Waals surface area contributed by atoms with Gasteiger partial charge in [-0.05, 0) is 62.4 Å². The number of nitrogens with zero attached hydrogens (tertiary/aromatic N) is 3. The number of para-hydroxylation sites is 2. The normalized spacial score (nSPS) is 21.5. The van der Waals surface area contributed by atoms with E-state index in [0.29, 0.717) is 39.0 Å². The molecule has 5 N–H and O–H groups in total. The zero-order valence-corrected chi connectivity index (χ0v) is 28.1. The van der Waals surface area contributed by atoms with Gasteiger partial charge in [-0.25, -0.2) is 4.98 Å². The van der Waals surface area contributed by atoms with Gasteiger partial charge in [-0.15, -0.1) is 0 Å². The molecule has 1 saturated heterocycles. The van der Waals surface area contributed by atoms with Crippen LogP contribution in [0, 0.1) is 5.92 Å². The molecule has 10 heteroatoms. The van der Waals surface area contributed by atoms with Crippen LogP contribution in [0.25, 0.3) is 11.0 Å². The first-order chi connectivity index (χ1) is 23.0. The molecule has 2 amide bonds. The molecule has 0 spiro atoms. The van der Waals surface area contributed by atoms with Crippen molar-refractivity contribution in [2.45, 2.75) is 76.4 Å². The number of rotatable bonds is 11. The van der Waals surface area contributed by atoms with Crippen molar-refractivity contribution in [2.24, 2.45) is 5.92 Å². The number of piperazine rings is 1. The Morgan fingerprint density at radius 3 is 2.50 bits per heavy atom. The highest BCUT2D eigenvalue weighted by Crippen LogP contribution is 2.32. The number of aromatic nitrogens is 2. The first-order valence-corrected chi connectivity index (χ1v) is 17.0. The maximum absolute atomic E-state index is 13.9. The number of β-amino-alcohol motifs (C(OH)–C–C–N with tert-alkyl or cyclic N) is 1. The number of carbonyl (C=O) groups is 2. The van der Waals surface area contributed by atoms with E-state index in [9.17, 15) is 19.8 Å². The summed E-state index contributed by atoms with van der Waals surface area (Å²) >= 11 is 0. The number of carbonyl (C=O) groups excluding carboxylic acids is 2. The average Bonchev–Trinajstić information content (AvgIpc) is 3.60. The topological polar surface area (TPSA) is 134 Å². The number of fused-ring (bicyclic) bond motifs is 2. The van der Waals surface area contributed by atoms with Crippen LogP contribution in [0.1, 0.15) is 55.7 Å². The number of H-pyrrole nitrogens is 1. The number of aromatic amines is 1. The second kappa shape index (κ2) is 14.6. The smallest absolute Gasteiger partial charge is 0.239 e. The molecule has 254 valence electrons. The molecule has 2 aliphatic rings. The van der Waals surface area contributed by atoms with E-state index in [2.05, 4.69) is 25.4 Å². The lowest BCUT2D eigenvalue weighted by atomic mass is 9.91. The quantitative estimate of drug-likeness (QED) is 0.168. The van der Waals surface area contributed by atoms with Gasteiger partial charge in [-0.2, -0.15) is 0 Å². The number of aliphatic hydroxyl groups is 2. The molecule has 1 aliphatic heterocycles. The van der Waals surface area contributed by atoms with E-state index in [1.165, 1.54) is 0 Å². The van der Waals surface area contributed by atoms with E-state index >= 15 is 0 Å². The number of benzene rings is 3. The van der Waals surface area contributed by atoms with Crippen LogP contribution in [0.15, 0.2) is 78.9 Å². The van der Waals surface area contributed by atoms with Crippen LogP contribution in [0.4, 0.5) is 0 Å². The molecular weight excluding hydrogens is 604 g/mol.